The topological polar surface area (TPSA) is 279 Å². The number of hydrogen-bond acceptors (Lipinski definition) is 16. The number of methoxy groups -OCH3 is 6. The van der Waals surface area contributed by atoms with Gasteiger partial charge in [-0.25, -0.2) is 0 Å². The fourth-order valence-electron chi connectivity index (χ4n) is 8.44. The van der Waals surface area contributed by atoms with E-state index in [9.17, 15) is 0 Å². The quantitative estimate of drug-likeness (QED) is 0.0783. The second-order valence-electron chi connectivity index (χ2n) is 16.6. The van der Waals surface area contributed by atoms with Crippen LogP contribution in [0.4, 0.5) is 0 Å². The average Bonchev–Trinajstić information content (AvgIpc) is 0.794. The van der Waals surface area contributed by atoms with Gasteiger partial charge in [-0.1, -0.05) is 36.4 Å². The zero-order valence-electron chi connectivity index (χ0n) is 45.8. The van der Waals surface area contributed by atoms with Crippen LogP contribution in [0.2, 0.25) is 0 Å². The Labute approximate surface area is 513 Å². The summed E-state index contributed by atoms with van der Waals surface area (Å²) in [5, 5.41) is 10.3. The Morgan fingerprint density at radius 3 is 0.560 bits per heavy atom. The Bertz CT molecular complexity index is 3220. The molecule has 0 aliphatic rings. The zero-order chi connectivity index (χ0) is 63.1. The van der Waals surface area contributed by atoms with Crippen molar-refractivity contribution in [1.29, 1.82) is 0 Å². The standard InChI is InChI=1S/2C28H28O3P.4ClH.4Mn.2H2O.10O/c2*1-21-7-5-6-8-28(21)32(25-15-9-22(29-2)10-16-25,26-17-11-23(30-3)12-18-26)27-19-13-24(31-4)14-20-27;;;;;;;;;;;;;;;;;;;;/h2*5-20H,1-4H3;4*1H;;;;;2*1H2;;;;;;;;;;/q2*+1;;;;;2*+1;2*+2;;;;;;;;;;;2*-1/p-6. The Morgan fingerprint density at radius 2 is 0.440 bits per heavy atom. The van der Waals surface area contributed by atoms with Crippen LogP contribution < -0.4 is 79.2 Å². The van der Waals surface area contributed by atoms with Crippen LogP contribution in [0.25, 0.3) is 0 Å². The number of halogens is 4. The number of benzene rings is 8. The average molecular weight is 1440 g/mol. The first-order chi connectivity index (χ1) is 39.3. The van der Waals surface area contributed by atoms with Gasteiger partial charge in [0.1, 0.15) is 91.5 Å². The molecule has 0 fully saturated rings. The van der Waals surface area contributed by atoms with E-state index in [1.807, 2.05) is 0 Å². The first-order valence-electron chi connectivity index (χ1n) is 23.5. The van der Waals surface area contributed by atoms with Crippen molar-refractivity contribution < 1.29 is 124 Å². The molecule has 0 atom stereocenters. The molecule has 0 aliphatic heterocycles. The molecule has 0 radical (unpaired) electrons. The predicted molar refractivity (Wildman–Crippen MR) is 305 cm³/mol. The summed E-state index contributed by atoms with van der Waals surface area (Å²) in [6, 6.07) is 68.4. The van der Waals surface area contributed by atoms with E-state index in [0.717, 1.165) is 34.5 Å². The van der Waals surface area contributed by atoms with Gasteiger partial charge in [0.25, 0.3) is 0 Å². The molecule has 456 valence electrons. The van der Waals surface area contributed by atoms with E-state index in [-0.39, 0.29) is 0 Å². The van der Waals surface area contributed by atoms with E-state index in [0.29, 0.717) is 0 Å². The summed E-state index contributed by atoms with van der Waals surface area (Å²) < 4.78 is 137. The van der Waals surface area contributed by atoms with Crippen LogP contribution in [0, 0.1) is 13.8 Å². The Morgan fingerprint density at radius 1 is 0.310 bits per heavy atom. The van der Waals surface area contributed by atoms with Crippen LogP contribution >= 0.6 is 54.9 Å². The zero-order valence-corrected chi connectivity index (χ0v) is 55.4. The van der Waals surface area contributed by atoms with Gasteiger partial charge < -0.3 is 28.4 Å². The minimum atomic E-state index is -4.90. The number of rotatable bonds is 14. The van der Waals surface area contributed by atoms with Crippen molar-refractivity contribution in [2.75, 3.05) is 42.7 Å². The van der Waals surface area contributed by atoms with Crippen LogP contribution in [0.5, 0.6) is 34.5 Å². The van der Waals surface area contributed by atoms with E-state index < -0.39 is 63.0 Å². The second-order valence-corrected chi connectivity index (χ2v) is 33.9. The van der Waals surface area contributed by atoms with E-state index in [4.69, 9.17) is 75.9 Å². The first kappa shape index (κ1) is 73.2. The van der Waals surface area contributed by atoms with Gasteiger partial charge in [0.15, 0.2) is 0 Å². The molecule has 28 heteroatoms. The Balaban J connectivity index is 0.000000333. The van der Waals surface area contributed by atoms with Gasteiger partial charge in [-0.2, -0.15) is 0 Å². The van der Waals surface area contributed by atoms with Crippen LogP contribution in [-0.2, 0) is 79.2 Å². The van der Waals surface area contributed by atoms with Crippen LogP contribution in [0.1, 0.15) is 11.1 Å². The van der Waals surface area contributed by atoms with Crippen molar-refractivity contribution in [3.8, 4) is 34.5 Å². The summed E-state index contributed by atoms with van der Waals surface area (Å²) in [5.74, 6) is 5.09. The van der Waals surface area contributed by atoms with Crippen LogP contribution in [-0.4, -0.2) is 51.0 Å². The third-order valence-corrected chi connectivity index (χ3v) is 20.6. The van der Waals surface area contributed by atoms with Gasteiger partial charge in [0.05, 0.1) is 42.7 Å². The van der Waals surface area contributed by atoms with Gasteiger partial charge >= 0.3 is 136 Å². The molecule has 2 N–H and O–H groups in total. The van der Waals surface area contributed by atoms with E-state index in [1.165, 1.54) is 53.6 Å². The molecule has 0 heterocycles. The number of hydrogen-bond donors (Lipinski definition) is 2. The minimum absolute atomic E-state index is 0.848. The summed E-state index contributed by atoms with van der Waals surface area (Å²) in [6.45, 7) is 4.39. The SMILES string of the molecule is COc1ccc([P+](c2ccc(OC)cc2)(c2ccc(OC)cc2)c2ccccc2C)cc1.COc1ccc([P+](c2ccc(OC)cc2)(c2ccc(OC)cc2)c2ccccc2C)cc1.[O]=[Mn](=[O])([O-])[Cl].[O]=[Mn](=[O])([O-])[Cl].[O]=[Mn](=[O])([OH])[Cl].[O]=[Mn](=[O])([OH])[Cl]. The molecule has 0 aliphatic carbocycles. The van der Waals surface area contributed by atoms with Gasteiger partial charge in [0, 0.05) is 0 Å². The maximum atomic E-state index is 9.01. The molecule has 8 aromatic rings. The molecular formula is C56H58Cl4Mn4O18P2. The molecule has 0 saturated heterocycles. The fraction of sp³-hybridized carbons (Fsp3) is 0.143. The van der Waals surface area contributed by atoms with Crippen molar-refractivity contribution >= 4 is 97.4 Å². The molecule has 0 amide bonds. The summed E-state index contributed by atoms with van der Waals surface area (Å²) in [5.41, 5.74) is 2.53. The first-order valence-corrected chi connectivity index (χ1v) is 39.4. The molecule has 0 unspecified atom stereocenters. The Hall–Kier alpha value is -5.10. The molecule has 84 heavy (non-hydrogen) atoms. The van der Waals surface area contributed by atoms with Crippen molar-refractivity contribution in [3.05, 3.63) is 205 Å². The molecule has 18 nitrogen and oxygen atoms in total. The van der Waals surface area contributed by atoms with Crippen molar-refractivity contribution in [3.63, 3.8) is 0 Å². The maximum absolute atomic E-state index is 9.01. The predicted octanol–water partition coefficient (Wildman–Crippen LogP) is 7.59. The number of ether oxygens (including phenoxy) is 6. The van der Waals surface area contributed by atoms with Gasteiger partial charge in [-0.3, -0.25) is 0 Å². The molecule has 0 aromatic heterocycles. The van der Waals surface area contributed by atoms with Gasteiger partial charge in [0.2, 0.25) is 0 Å². The summed E-state index contributed by atoms with van der Waals surface area (Å²) in [6.07, 6.45) is 0. The summed E-state index contributed by atoms with van der Waals surface area (Å²) in [7, 11) is 22.0. The molecule has 0 saturated carbocycles. The van der Waals surface area contributed by atoms with Crippen molar-refractivity contribution in [1.82, 2.24) is 0 Å². The van der Waals surface area contributed by atoms with Crippen molar-refractivity contribution in [2.24, 2.45) is 0 Å². The van der Waals surface area contributed by atoms with Crippen LogP contribution in [0.3, 0.4) is 0 Å². The van der Waals surface area contributed by atoms with Crippen molar-refractivity contribution in [2.45, 2.75) is 13.8 Å². The van der Waals surface area contributed by atoms with E-state index >= 15 is 0 Å². The molecule has 8 aromatic carbocycles. The normalized spacial score (nSPS) is 11.2. The number of aryl methyl sites for hydroxylation is 2. The van der Waals surface area contributed by atoms with Gasteiger partial charge in [-0.15, -0.1) is 0 Å². The summed E-state index contributed by atoms with van der Waals surface area (Å²) in [4.78, 5) is 0. The molecule has 8 rings (SSSR count). The summed E-state index contributed by atoms with van der Waals surface area (Å²) >= 11 is -19.1. The molecule has 0 bridgehead atoms. The second kappa shape index (κ2) is 33.7. The van der Waals surface area contributed by atoms with E-state index in [1.54, 1.807) is 42.7 Å². The fourth-order valence-corrected chi connectivity index (χ4v) is 17.3. The third-order valence-electron chi connectivity index (χ3n) is 11.7. The van der Waals surface area contributed by atoms with Gasteiger partial charge in [-0.05, 0) is 183 Å². The Kier molecular flexibility index (Phi) is 29.4. The van der Waals surface area contributed by atoms with E-state index in [2.05, 4.69) is 248 Å². The monoisotopic (exact) mass is 1440 g/mol. The molecular weight excluding hydrogens is 1380 g/mol. The third kappa shape index (κ3) is 23.6. The van der Waals surface area contributed by atoms with Crippen LogP contribution in [0.15, 0.2) is 194 Å². The molecule has 0 spiro atoms.